The molecule has 0 aliphatic carbocycles. The summed E-state index contributed by atoms with van der Waals surface area (Å²) in [5, 5.41) is 2.85. The first-order chi connectivity index (χ1) is 12.9. The highest BCUT2D eigenvalue weighted by Crippen LogP contribution is 2.23. The second kappa shape index (κ2) is 7.73. The van der Waals surface area contributed by atoms with Gasteiger partial charge >= 0.3 is 0 Å². The van der Waals surface area contributed by atoms with Crippen LogP contribution in [-0.2, 0) is 10.2 Å². The van der Waals surface area contributed by atoms with Crippen LogP contribution >= 0.6 is 0 Å². The van der Waals surface area contributed by atoms with Crippen LogP contribution < -0.4 is 10.2 Å². The van der Waals surface area contributed by atoms with Crippen molar-refractivity contribution in [2.45, 2.75) is 26.2 Å². The van der Waals surface area contributed by atoms with Crippen molar-refractivity contribution in [3.63, 3.8) is 0 Å². The minimum absolute atomic E-state index is 0.0705. The van der Waals surface area contributed by atoms with Crippen LogP contribution in [0.15, 0.2) is 36.7 Å². The van der Waals surface area contributed by atoms with Crippen molar-refractivity contribution in [1.29, 1.82) is 0 Å². The van der Waals surface area contributed by atoms with Crippen molar-refractivity contribution in [1.82, 2.24) is 14.9 Å². The second-order valence-corrected chi connectivity index (χ2v) is 7.67. The number of carbonyl (C=O) groups excluding carboxylic acids is 2. The third-order valence-electron chi connectivity index (χ3n) is 4.67. The molecule has 0 spiro atoms. The Bertz CT molecular complexity index is 789. The van der Waals surface area contributed by atoms with Gasteiger partial charge in [0.1, 0.15) is 11.5 Å². The van der Waals surface area contributed by atoms with Crippen molar-refractivity contribution in [3.8, 4) is 0 Å². The number of piperazine rings is 1. The number of hydrogen-bond acceptors (Lipinski definition) is 5. The Morgan fingerprint density at radius 1 is 1.04 bits per heavy atom. The van der Waals surface area contributed by atoms with E-state index in [0.29, 0.717) is 32.0 Å². The lowest BCUT2D eigenvalue weighted by molar-refractivity contribution is -0.118. The molecule has 0 radical (unpaired) electrons. The van der Waals surface area contributed by atoms with Gasteiger partial charge in [0.2, 0.25) is 6.41 Å². The highest BCUT2D eigenvalue weighted by atomic mass is 16.2. The summed E-state index contributed by atoms with van der Waals surface area (Å²) in [6, 6.07) is 7.83. The molecule has 1 aliphatic heterocycles. The Morgan fingerprint density at radius 2 is 1.70 bits per heavy atom. The molecule has 1 N–H and O–H groups in total. The van der Waals surface area contributed by atoms with Crippen LogP contribution in [0.5, 0.6) is 0 Å². The summed E-state index contributed by atoms with van der Waals surface area (Å²) < 4.78 is 0. The molecule has 1 saturated heterocycles. The molecular formula is C20H25N5O2. The van der Waals surface area contributed by atoms with Crippen molar-refractivity contribution in [2.75, 3.05) is 36.4 Å². The summed E-state index contributed by atoms with van der Waals surface area (Å²) in [6.07, 6.45) is 3.96. The smallest absolute Gasteiger partial charge is 0.275 e. The molecule has 2 aromatic rings. The Hall–Kier alpha value is -2.96. The Morgan fingerprint density at radius 3 is 2.22 bits per heavy atom. The highest BCUT2D eigenvalue weighted by Gasteiger charge is 2.18. The van der Waals surface area contributed by atoms with E-state index < -0.39 is 0 Å². The molecule has 7 heteroatoms. The van der Waals surface area contributed by atoms with Crippen LogP contribution in [0.2, 0.25) is 0 Å². The Kier molecular flexibility index (Phi) is 5.39. The van der Waals surface area contributed by atoms with Gasteiger partial charge in [-0.3, -0.25) is 9.59 Å². The number of nitrogens with zero attached hydrogens (tertiary/aromatic N) is 4. The standard InChI is InChI=1S/C20H25N5O2/c1-20(2,3)15-4-6-16(7-5-15)23-19(27)17-12-22-18(13-21-17)25-10-8-24(14-26)9-11-25/h4-7,12-14H,8-11H2,1-3H3,(H,23,27). The summed E-state index contributed by atoms with van der Waals surface area (Å²) in [6.45, 7) is 9.19. The lowest BCUT2D eigenvalue weighted by Gasteiger charge is -2.33. The fourth-order valence-corrected chi connectivity index (χ4v) is 2.91. The topological polar surface area (TPSA) is 78.4 Å². The van der Waals surface area contributed by atoms with Gasteiger partial charge in [-0.1, -0.05) is 32.9 Å². The maximum absolute atomic E-state index is 12.4. The molecule has 142 valence electrons. The van der Waals surface area contributed by atoms with E-state index in [9.17, 15) is 9.59 Å². The number of aromatic nitrogens is 2. The largest absolute Gasteiger partial charge is 0.352 e. The van der Waals surface area contributed by atoms with Gasteiger partial charge < -0.3 is 15.1 Å². The van der Waals surface area contributed by atoms with Crippen LogP contribution in [0.3, 0.4) is 0 Å². The van der Waals surface area contributed by atoms with Crippen LogP contribution in [-0.4, -0.2) is 53.4 Å². The summed E-state index contributed by atoms with van der Waals surface area (Å²) in [5.41, 5.74) is 2.27. The predicted octanol–water partition coefficient (Wildman–Crippen LogP) is 2.30. The molecule has 1 aromatic carbocycles. The van der Waals surface area contributed by atoms with Gasteiger partial charge in [0.05, 0.1) is 12.4 Å². The average Bonchev–Trinajstić information content (AvgIpc) is 2.68. The number of benzene rings is 1. The maximum Gasteiger partial charge on any atom is 0.275 e. The third-order valence-corrected chi connectivity index (χ3v) is 4.67. The van der Waals surface area contributed by atoms with Crippen LogP contribution in [0.25, 0.3) is 0 Å². The maximum atomic E-state index is 12.4. The van der Waals surface area contributed by atoms with E-state index in [1.165, 1.54) is 11.8 Å². The number of nitrogens with one attached hydrogen (secondary N) is 1. The zero-order valence-electron chi connectivity index (χ0n) is 16.0. The summed E-state index contributed by atoms with van der Waals surface area (Å²) in [5.74, 6) is 0.426. The number of hydrogen-bond donors (Lipinski definition) is 1. The lowest BCUT2D eigenvalue weighted by Crippen LogP contribution is -2.46. The van der Waals surface area contributed by atoms with E-state index in [1.807, 2.05) is 24.3 Å². The predicted molar refractivity (Wildman–Crippen MR) is 105 cm³/mol. The van der Waals surface area contributed by atoms with Crippen LogP contribution in [0.4, 0.5) is 11.5 Å². The molecule has 2 amide bonds. The first kappa shape index (κ1) is 18.8. The molecule has 0 atom stereocenters. The van der Waals surface area contributed by atoms with E-state index in [4.69, 9.17) is 0 Å². The van der Waals surface area contributed by atoms with E-state index >= 15 is 0 Å². The van der Waals surface area contributed by atoms with Gasteiger partial charge in [-0.2, -0.15) is 0 Å². The first-order valence-electron chi connectivity index (χ1n) is 9.05. The fourth-order valence-electron chi connectivity index (χ4n) is 2.91. The van der Waals surface area contributed by atoms with Gasteiger partial charge in [0.25, 0.3) is 5.91 Å². The van der Waals surface area contributed by atoms with Gasteiger partial charge in [-0.25, -0.2) is 9.97 Å². The van der Waals surface area contributed by atoms with E-state index in [-0.39, 0.29) is 17.0 Å². The molecule has 0 bridgehead atoms. The number of anilines is 2. The number of amides is 2. The zero-order valence-corrected chi connectivity index (χ0v) is 16.0. The highest BCUT2D eigenvalue weighted by molar-refractivity contribution is 6.02. The average molecular weight is 367 g/mol. The monoisotopic (exact) mass is 367 g/mol. The van der Waals surface area contributed by atoms with Crippen LogP contribution in [0, 0.1) is 0 Å². The molecule has 1 fully saturated rings. The SMILES string of the molecule is CC(C)(C)c1ccc(NC(=O)c2cnc(N3CCN(C=O)CC3)cn2)cc1. The van der Waals surface area contributed by atoms with E-state index in [2.05, 4.69) is 41.0 Å². The fraction of sp³-hybridized carbons (Fsp3) is 0.400. The third kappa shape index (κ3) is 4.61. The van der Waals surface area contributed by atoms with E-state index in [1.54, 1.807) is 11.1 Å². The molecular weight excluding hydrogens is 342 g/mol. The van der Waals surface area contributed by atoms with Crippen molar-refractivity contribution < 1.29 is 9.59 Å². The minimum atomic E-state index is -0.289. The molecule has 1 aromatic heterocycles. The van der Waals surface area contributed by atoms with Crippen molar-refractivity contribution in [2.24, 2.45) is 0 Å². The summed E-state index contributed by atoms with van der Waals surface area (Å²) in [7, 11) is 0. The summed E-state index contributed by atoms with van der Waals surface area (Å²) in [4.78, 5) is 35.6. The molecule has 7 nitrogen and oxygen atoms in total. The van der Waals surface area contributed by atoms with Crippen LogP contribution in [0.1, 0.15) is 36.8 Å². The molecule has 3 rings (SSSR count). The summed E-state index contributed by atoms with van der Waals surface area (Å²) >= 11 is 0. The minimum Gasteiger partial charge on any atom is -0.352 e. The Balaban J connectivity index is 1.61. The molecule has 2 heterocycles. The number of rotatable bonds is 4. The quantitative estimate of drug-likeness (QED) is 0.839. The van der Waals surface area contributed by atoms with Gasteiger partial charge in [-0.05, 0) is 23.1 Å². The van der Waals surface area contributed by atoms with Gasteiger partial charge in [0.15, 0.2) is 0 Å². The first-order valence-corrected chi connectivity index (χ1v) is 9.05. The Labute approximate surface area is 159 Å². The zero-order chi connectivity index (χ0) is 19.4. The molecule has 0 saturated carbocycles. The second-order valence-electron chi connectivity index (χ2n) is 7.67. The van der Waals surface area contributed by atoms with E-state index in [0.717, 1.165) is 12.1 Å². The number of carbonyl (C=O) groups is 2. The van der Waals surface area contributed by atoms with Crippen molar-refractivity contribution >= 4 is 23.8 Å². The van der Waals surface area contributed by atoms with Gasteiger partial charge in [-0.15, -0.1) is 0 Å². The van der Waals surface area contributed by atoms with Crippen molar-refractivity contribution in [3.05, 3.63) is 47.9 Å². The molecule has 27 heavy (non-hydrogen) atoms. The van der Waals surface area contributed by atoms with Gasteiger partial charge in [0, 0.05) is 31.9 Å². The lowest BCUT2D eigenvalue weighted by atomic mass is 9.87. The molecule has 1 aliphatic rings. The molecule has 0 unspecified atom stereocenters. The normalized spacial score (nSPS) is 14.8.